The molecule has 2 N–H and O–H groups in total. The molecule has 2 unspecified atom stereocenters. The lowest BCUT2D eigenvalue weighted by Gasteiger charge is -2.26. The van der Waals surface area contributed by atoms with Crippen molar-refractivity contribution in [3.05, 3.63) is 17.5 Å². The maximum atomic E-state index is 11.8. The largest absolute Gasteiger partial charge is 0.324 e. The second kappa shape index (κ2) is 4.31. The standard InChI is InChI=1S/C13H21N3O2S/c1-13(6-7-19(17,18)9-13)16-12-5-3-2-4-11(14)10(12)8-15-16/h8,11H,2-7,9,14H2,1H3. The van der Waals surface area contributed by atoms with E-state index in [2.05, 4.69) is 5.10 Å². The zero-order valence-electron chi connectivity index (χ0n) is 11.3. The van der Waals surface area contributed by atoms with Crippen LogP contribution in [-0.4, -0.2) is 29.7 Å². The van der Waals surface area contributed by atoms with Crippen molar-refractivity contribution in [1.29, 1.82) is 0 Å². The van der Waals surface area contributed by atoms with Crippen molar-refractivity contribution in [1.82, 2.24) is 9.78 Å². The quantitative estimate of drug-likeness (QED) is 0.784. The number of nitrogens with zero attached hydrogens (tertiary/aromatic N) is 2. The molecule has 0 saturated carbocycles. The van der Waals surface area contributed by atoms with Crippen molar-refractivity contribution in [3.8, 4) is 0 Å². The number of rotatable bonds is 1. The van der Waals surface area contributed by atoms with Gasteiger partial charge in [0, 0.05) is 17.3 Å². The summed E-state index contributed by atoms with van der Waals surface area (Å²) in [6, 6.07) is 0.0489. The zero-order valence-corrected chi connectivity index (χ0v) is 12.1. The Morgan fingerprint density at radius 1 is 1.47 bits per heavy atom. The highest BCUT2D eigenvalue weighted by molar-refractivity contribution is 7.91. The van der Waals surface area contributed by atoms with Crippen LogP contribution in [0.5, 0.6) is 0 Å². The smallest absolute Gasteiger partial charge is 0.152 e. The van der Waals surface area contributed by atoms with Gasteiger partial charge in [0.2, 0.25) is 0 Å². The Hall–Kier alpha value is -0.880. The third-order valence-corrected chi connectivity index (χ3v) is 6.36. The molecule has 2 aliphatic rings. The molecule has 0 bridgehead atoms. The van der Waals surface area contributed by atoms with Gasteiger partial charge in [0.25, 0.3) is 0 Å². The van der Waals surface area contributed by atoms with E-state index in [1.165, 1.54) is 0 Å². The van der Waals surface area contributed by atoms with Crippen LogP contribution < -0.4 is 5.73 Å². The van der Waals surface area contributed by atoms with Gasteiger partial charge in [-0.1, -0.05) is 6.42 Å². The Bertz CT molecular complexity index is 593. The molecule has 6 heteroatoms. The minimum Gasteiger partial charge on any atom is -0.324 e. The van der Waals surface area contributed by atoms with Crippen molar-refractivity contribution >= 4 is 9.84 Å². The van der Waals surface area contributed by atoms with Crippen LogP contribution in [-0.2, 0) is 21.8 Å². The summed E-state index contributed by atoms with van der Waals surface area (Å²) < 4.78 is 25.5. The van der Waals surface area contributed by atoms with Gasteiger partial charge in [-0.3, -0.25) is 4.68 Å². The van der Waals surface area contributed by atoms with Crippen LogP contribution in [0.15, 0.2) is 6.20 Å². The summed E-state index contributed by atoms with van der Waals surface area (Å²) in [4.78, 5) is 0. The topological polar surface area (TPSA) is 78.0 Å². The average Bonchev–Trinajstić information content (AvgIpc) is 2.82. The Balaban J connectivity index is 2.03. The molecule has 0 amide bonds. The first-order chi connectivity index (χ1) is 8.91. The molecular weight excluding hydrogens is 262 g/mol. The Labute approximate surface area is 114 Å². The van der Waals surface area contributed by atoms with E-state index in [1.807, 2.05) is 17.8 Å². The molecule has 0 aromatic carbocycles. The SMILES string of the molecule is CC1(n2ncc3c2CCCCC3N)CCS(=O)(=O)C1. The average molecular weight is 283 g/mol. The minimum atomic E-state index is -2.92. The molecule has 1 aliphatic carbocycles. The van der Waals surface area contributed by atoms with Crippen LogP contribution in [0.3, 0.4) is 0 Å². The van der Waals surface area contributed by atoms with Crippen molar-refractivity contribution in [3.63, 3.8) is 0 Å². The summed E-state index contributed by atoms with van der Waals surface area (Å²) in [5.74, 6) is 0.466. The van der Waals surface area contributed by atoms with Crippen LogP contribution in [0, 0.1) is 0 Å². The lowest BCUT2D eigenvalue weighted by Crippen LogP contribution is -2.34. The fraction of sp³-hybridized carbons (Fsp3) is 0.769. The predicted molar refractivity (Wildman–Crippen MR) is 73.6 cm³/mol. The van der Waals surface area contributed by atoms with Crippen molar-refractivity contribution < 1.29 is 8.42 Å². The highest BCUT2D eigenvalue weighted by Crippen LogP contribution is 2.35. The van der Waals surface area contributed by atoms with E-state index in [0.29, 0.717) is 6.42 Å². The van der Waals surface area contributed by atoms with Gasteiger partial charge in [0.15, 0.2) is 9.84 Å². The van der Waals surface area contributed by atoms with Gasteiger partial charge >= 0.3 is 0 Å². The van der Waals surface area contributed by atoms with Gasteiger partial charge in [0.05, 0.1) is 23.2 Å². The molecular formula is C13H21N3O2S. The molecule has 5 nitrogen and oxygen atoms in total. The van der Waals surface area contributed by atoms with Crippen LogP contribution >= 0.6 is 0 Å². The second-order valence-electron chi connectivity index (χ2n) is 6.15. The number of fused-ring (bicyclic) bond motifs is 1. The first-order valence-electron chi connectivity index (χ1n) is 6.95. The molecule has 3 rings (SSSR count). The van der Waals surface area contributed by atoms with E-state index < -0.39 is 15.4 Å². The van der Waals surface area contributed by atoms with E-state index in [4.69, 9.17) is 5.73 Å². The van der Waals surface area contributed by atoms with Crippen molar-refractivity contribution in [2.45, 2.75) is 50.6 Å². The van der Waals surface area contributed by atoms with Crippen molar-refractivity contribution in [2.24, 2.45) is 5.73 Å². The van der Waals surface area contributed by atoms with Gasteiger partial charge in [-0.25, -0.2) is 8.42 Å². The summed E-state index contributed by atoms with van der Waals surface area (Å²) in [7, 11) is -2.92. The minimum absolute atomic E-state index is 0.0489. The lowest BCUT2D eigenvalue weighted by molar-refractivity contribution is 0.317. The number of aromatic nitrogens is 2. The van der Waals surface area contributed by atoms with Crippen molar-refractivity contribution in [2.75, 3.05) is 11.5 Å². The van der Waals surface area contributed by atoms with E-state index in [1.54, 1.807) is 0 Å². The number of hydrogen-bond donors (Lipinski definition) is 1. The molecule has 106 valence electrons. The molecule has 2 heterocycles. The summed E-state index contributed by atoms with van der Waals surface area (Å²) in [6.07, 6.45) is 6.69. The monoisotopic (exact) mass is 283 g/mol. The first-order valence-corrected chi connectivity index (χ1v) is 8.77. The van der Waals surface area contributed by atoms with E-state index >= 15 is 0 Å². The normalized spacial score (nSPS) is 33.9. The van der Waals surface area contributed by atoms with Gasteiger partial charge in [-0.2, -0.15) is 5.10 Å². The lowest BCUT2D eigenvalue weighted by atomic mass is 10.0. The molecule has 2 atom stereocenters. The molecule has 1 aromatic rings. The summed E-state index contributed by atoms with van der Waals surface area (Å²) in [5.41, 5.74) is 8.06. The Kier molecular flexibility index (Phi) is 2.98. The van der Waals surface area contributed by atoms with Gasteiger partial charge in [-0.05, 0) is 32.6 Å². The first kappa shape index (κ1) is 13.1. The molecule has 1 fully saturated rings. The number of nitrogens with two attached hydrogens (primary N) is 1. The molecule has 1 aromatic heterocycles. The third kappa shape index (κ3) is 2.21. The van der Waals surface area contributed by atoms with Gasteiger partial charge < -0.3 is 5.73 Å². The maximum absolute atomic E-state index is 11.8. The molecule has 1 aliphatic heterocycles. The van der Waals surface area contributed by atoms with Crippen LogP contribution in [0.1, 0.15) is 49.9 Å². The molecule has 0 radical (unpaired) electrons. The van der Waals surface area contributed by atoms with Gasteiger partial charge in [0.1, 0.15) is 0 Å². The van der Waals surface area contributed by atoms with E-state index in [-0.39, 0.29) is 17.5 Å². The summed E-state index contributed by atoms with van der Waals surface area (Å²) >= 11 is 0. The summed E-state index contributed by atoms with van der Waals surface area (Å²) in [5, 5.41) is 4.48. The molecule has 19 heavy (non-hydrogen) atoms. The fourth-order valence-electron chi connectivity index (χ4n) is 3.38. The highest BCUT2D eigenvalue weighted by atomic mass is 32.2. The van der Waals surface area contributed by atoms with E-state index in [9.17, 15) is 8.42 Å². The second-order valence-corrected chi connectivity index (χ2v) is 8.33. The zero-order chi connectivity index (χ0) is 13.7. The van der Waals surface area contributed by atoms with Crippen LogP contribution in [0.2, 0.25) is 0 Å². The predicted octanol–water partition coefficient (Wildman–Crippen LogP) is 1.14. The highest BCUT2D eigenvalue weighted by Gasteiger charge is 2.42. The van der Waals surface area contributed by atoms with E-state index in [0.717, 1.165) is 36.9 Å². The molecule has 1 saturated heterocycles. The fourth-order valence-corrected chi connectivity index (χ4v) is 5.49. The number of sulfone groups is 1. The Morgan fingerprint density at radius 3 is 2.95 bits per heavy atom. The number of hydrogen-bond acceptors (Lipinski definition) is 4. The molecule has 0 spiro atoms. The van der Waals surface area contributed by atoms with Gasteiger partial charge in [-0.15, -0.1) is 0 Å². The maximum Gasteiger partial charge on any atom is 0.152 e. The Morgan fingerprint density at radius 2 is 2.26 bits per heavy atom. The van der Waals surface area contributed by atoms with Crippen LogP contribution in [0.25, 0.3) is 0 Å². The van der Waals surface area contributed by atoms with Crippen LogP contribution in [0.4, 0.5) is 0 Å². The third-order valence-electron chi connectivity index (χ3n) is 4.47. The summed E-state index contributed by atoms with van der Waals surface area (Å²) in [6.45, 7) is 2.00.